The van der Waals surface area contributed by atoms with Crippen LogP contribution in [0.4, 0.5) is 5.69 Å². The van der Waals surface area contributed by atoms with Crippen LogP contribution in [0, 0.1) is 0 Å². The highest BCUT2D eigenvalue weighted by Gasteiger charge is 2.39. The number of ketones is 1. The lowest BCUT2D eigenvalue weighted by Crippen LogP contribution is -2.35. The summed E-state index contributed by atoms with van der Waals surface area (Å²) in [5.41, 5.74) is 6.08. The van der Waals surface area contributed by atoms with Crippen LogP contribution in [-0.4, -0.2) is 16.7 Å². The van der Waals surface area contributed by atoms with Gasteiger partial charge >= 0.3 is 0 Å². The minimum Gasteiger partial charge on any atom is -0.362 e. The molecule has 2 aromatic heterocycles. The lowest BCUT2D eigenvalue weighted by molar-refractivity contribution is -0.116. The first-order chi connectivity index (χ1) is 18.1. The van der Waals surface area contributed by atoms with E-state index in [1.807, 2.05) is 55.5 Å². The normalized spacial score (nSPS) is 17.6. The van der Waals surface area contributed by atoms with Crippen LogP contribution in [0.5, 0.6) is 0 Å². The van der Waals surface area contributed by atoms with Crippen LogP contribution in [0.2, 0.25) is 0 Å². The van der Waals surface area contributed by atoms with E-state index in [0.717, 1.165) is 56.0 Å². The molecule has 1 amide bonds. The zero-order valence-corrected chi connectivity index (χ0v) is 22.7. The zero-order valence-electron chi connectivity index (χ0n) is 20.2. The van der Waals surface area contributed by atoms with Crippen molar-refractivity contribution in [2.45, 2.75) is 42.2 Å². The maximum Gasteiger partial charge on any atom is 0.254 e. The molecular formula is C29H25N3O2S3. The second-order valence-electron chi connectivity index (χ2n) is 9.18. The third kappa shape index (κ3) is 4.89. The number of fused-ring (bicyclic) bond motifs is 1. The first-order valence-corrected chi connectivity index (χ1v) is 14.9. The van der Waals surface area contributed by atoms with Gasteiger partial charge in [0.1, 0.15) is 0 Å². The molecule has 2 aliphatic rings. The maximum atomic E-state index is 13.6. The van der Waals surface area contributed by atoms with Gasteiger partial charge in [-0.05, 0) is 61.0 Å². The SMILES string of the molecule is CC1=C(C(=O)Nc2ccccc2)[C@@H](c2cc(CSc3nc4ccccc4s3)cs2)C2=C(CCCC2=O)N1. The Morgan fingerprint density at radius 1 is 1.14 bits per heavy atom. The minimum atomic E-state index is -0.362. The molecule has 1 aliphatic carbocycles. The Balaban J connectivity index is 1.30. The summed E-state index contributed by atoms with van der Waals surface area (Å²) in [4.78, 5) is 32.6. The number of hydrogen-bond acceptors (Lipinski definition) is 7. The van der Waals surface area contributed by atoms with Crippen LogP contribution in [0.3, 0.4) is 0 Å². The fourth-order valence-electron chi connectivity index (χ4n) is 4.97. The molecule has 2 N–H and O–H groups in total. The van der Waals surface area contributed by atoms with Gasteiger partial charge in [-0.25, -0.2) is 4.98 Å². The van der Waals surface area contributed by atoms with Crippen LogP contribution in [-0.2, 0) is 15.3 Å². The highest BCUT2D eigenvalue weighted by Crippen LogP contribution is 2.45. The number of carbonyl (C=O) groups excluding carboxylic acids is 2. The molecule has 0 bridgehead atoms. The standard InChI is InChI=1S/C29H25N3O2S3/c1-17-25(28(34)31-19-8-3-2-4-9-19)27(26-21(30-17)11-7-12-22(26)33)24-14-18(15-35-24)16-36-29-32-20-10-5-6-13-23(20)37-29/h2-6,8-10,13-15,27,30H,7,11-12,16H2,1H3,(H,31,34)/t27-/m1/s1. The highest BCUT2D eigenvalue weighted by atomic mass is 32.2. The molecule has 1 aliphatic heterocycles. The van der Waals surface area contributed by atoms with Gasteiger partial charge in [0.05, 0.1) is 16.1 Å². The third-order valence-corrected chi connectivity index (χ3v) is 9.94. The number of allylic oxidation sites excluding steroid dienone is 3. The number of hydrogen-bond donors (Lipinski definition) is 2. The number of benzene rings is 2. The van der Waals surface area contributed by atoms with E-state index < -0.39 is 0 Å². The molecule has 0 fully saturated rings. The molecule has 1 atom stereocenters. The number of nitrogens with one attached hydrogen (secondary N) is 2. The molecule has 0 saturated heterocycles. The molecule has 4 aromatic rings. The van der Waals surface area contributed by atoms with Crippen molar-refractivity contribution < 1.29 is 9.59 Å². The van der Waals surface area contributed by atoms with E-state index in [9.17, 15) is 9.59 Å². The predicted molar refractivity (Wildman–Crippen MR) is 153 cm³/mol. The molecule has 0 spiro atoms. The van der Waals surface area contributed by atoms with Crippen molar-refractivity contribution >= 4 is 62.0 Å². The second-order valence-corrected chi connectivity index (χ2v) is 12.4. The number of thiophene rings is 1. The van der Waals surface area contributed by atoms with Gasteiger partial charge in [-0.15, -0.1) is 22.7 Å². The Morgan fingerprint density at radius 2 is 1.95 bits per heavy atom. The Kier molecular flexibility index (Phi) is 6.71. The van der Waals surface area contributed by atoms with Crippen LogP contribution in [0.15, 0.2) is 92.9 Å². The number of thioether (sulfide) groups is 1. The third-order valence-electron chi connectivity index (χ3n) is 6.65. The lowest BCUT2D eigenvalue weighted by atomic mass is 9.77. The number of para-hydroxylation sites is 2. The maximum absolute atomic E-state index is 13.6. The van der Waals surface area contributed by atoms with Gasteiger partial charge < -0.3 is 10.6 Å². The van der Waals surface area contributed by atoms with Crippen molar-refractivity contribution in [3.63, 3.8) is 0 Å². The molecule has 8 heteroatoms. The summed E-state index contributed by atoms with van der Waals surface area (Å²) in [6.45, 7) is 1.94. The number of dihydropyridines is 1. The van der Waals surface area contributed by atoms with E-state index in [0.29, 0.717) is 12.0 Å². The minimum absolute atomic E-state index is 0.134. The number of anilines is 1. The molecule has 0 radical (unpaired) electrons. The average Bonchev–Trinajstić information content (AvgIpc) is 3.54. The highest BCUT2D eigenvalue weighted by molar-refractivity contribution is 8.00. The fraction of sp³-hybridized carbons (Fsp3) is 0.207. The summed E-state index contributed by atoms with van der Waals surface area (Å²) in [5, 5.41) is 8.59. The quantitative estimate of drug-likeness (QED) is 0.251. The fourth-order valence-corrected chi connectivity index (χ4v) is 8.10. The zero-order chi connectivity index (χ0) is 25.4. The Labute approximate surface area is 227 Å². The monoisotopic (exact) mass is 543 g/mol. The number of thiazole rings is 1. The molecule has 0 unspecified atom stereocenters. The Morgan fingerprint density at radius 3 is 2.78 bits per heavy atom. The topological polar surface area (TPSA) is 71.1 Å². The molecule has 0 saturated carbocycles. The summed E-state index contributed by atoms with van der Waals surface area (Å²) in [7, 11) is 0. The molecule has 2 aromatic carbocycles. The molecule has 37 heavy (non-hydrogen) atoms. The molecule has 3 heterocycles. The molecular weight excluding hydrogens is 519 g/mol. The number of carbonyl (C=O) groups is 2. The van der Waals surface area contributed by atoms with Crippen molar-refractivity contribution in [3.05, 3.63) is 99.0 Å². The van der Waals surface area contributed by atoms with Crippen molar-refractivity contribution in [3.8, 4) is 0 Å². The van der Waals surface area contributed by atoms with Crippen molar-refractivity contribution in [1.82, 2.24) is 10.3 Å². The first-order valence-electron chi connectivity index (χ1n) is 12.2. The number of aromatic nitrogens is 1. The molecule has 186 valence electrons. The largest absolute Gasteiger partial charge is 0.362 e. The van der Waals surface area contributed by atoms with Gasteiger partial charge in [0.15, 0.2) is 10.1 Å². The van der Waals surface area contributed by atoms with Gasteiger partial charge in [0.2, 0.25) is 0 Å². The summed E-state index contributed by atoms with van der Waals surface area (Å²) < 4.78 is 2.23. The van der Waals surface area contributed by atoms with E-state index in [-0.39, 0.29) is 17.6 Å². The lowest BCUT2D eigenvalue weighted by Gasteiger charge is -2.33. The van der Waals surface area contributed by atoms with Crippen molar-refractivity contribution in [1.29, 1.82) is 0 Å². The average molecular weight is 544 g/mol. The van der Waals surface area contributed by atoms with Crippen LogP contribution in [0.1, 0.15) is 42.5 Å². The van der Waals surface area contributed by atoms with Crippen LogP contribution < -0.4 is 10.6 Å². The first kappa shape index (κ1) is 24.2. The summed E-state index contributed by atoms with van der Waals surface area (Å²) in [5.74, 6) is 0.383. The smallest absolute Gasteiger partial charge is 0.254 e. The van der Waals surface area contributed by atoms with Gasteiger partial charge in [-0.3, -0.25) is 9.59 Å². The van der Waals surface area contributed by atoms with Crippen molar-refractivity contribution in [2.75, 3.05) is 5.32 Å². The van der Waals surface area contributed by atoms with Crippen molar-refractivity contribution in [2.24, 2.45) is 0 Å². The predicted octanol–water partition coefficient (Wildman–Crippen LogP) is 7.26. The van der Waals surface area contributed by atoms with Crippen LogP contribution >= 0.6 is 34.4 Å². The number of nitrogens with zero attached hydrogens (tertiary/aromatic N) is 1. The second kappa shape index (κ2) is 10.3. The number of amides is 1. The number of rotatable bonds is 6. The van der Waals surface area contributed by atoms with Crippen LogP contribution in [0.25, 0.3) is 10.2 Å². The summed E-state index contributed by atoms with van der Waals surface area (Å²) in [6.07, 6.45) is 2.19. The summed E-state index contributed by atoms with van der Waals surface area (Å²) in [6, 6.07) is 19.8. The van der Waals surface area contributed by atoms with Gasteiger partial charge in [0, 0.05) is 45.3 Å². The summed E-state index contributed by atoms with van der Waals surface area (Å²) >= 11 is 5.05. The van der Waals surface area contributed by atoms with E-state index in [2.05, 4.69) is 28.1 Å². The Bertz CT molecular complexity index is 1530. The molecule has 5 nitrogen and oxygen atoms in total. The number of Topliss-reactive ketones (excluding diaryl/α,β-unsaturated/α-hetero) is 1. The van der Waals surface area contributed by atoms with Gasteiger partial charge in [-0.1, -0.05) is 42.1 Å². The van der Waals surface area contributed by atoms with E-state index in [1.165, 1.54) is 10.3 Å². The van der Waals surface area contributed by atoms with E-state index >= 15 is 0 Å². The van der Waals surface area contributed by atoms with Gasteiger partial charge in [0.25, 0.3) is 5.91 Å². The van der Waals surface area contributed by atoms with E-state index in [1.54, 1.807) is 34.4 Å². The Hall–Kier alpha value is -3.20. The van der Waals surface area contributed by atoms with E-state index in [4.69, 9.17) is 4.98 Å². The molecule has 6 rings (SSSR count). The van der Waals surface area contributed by atoms with Gasteiger partial charge in [-0.2, -0.15) is 0 Å².